The Hall–Kier alpha value is -0.170. The summed E-state index contributed by atoms with van der Waals surface area (Å²) in [6, 6.07) is 0.374. The summed E-state index contributed by atoms with van der Waals surface area (Å²) < 4.78 is 31.9. The van der Waals surface area contributed by atoms with Crippen LogP contribution in [0.2, 0.25) is 0 Å². The highest BCUT2D eigenvalue weighted by molar-refractivity contribution is 7.89. The molecule has 112 valence electrons. The third-order valence-corrected chi connectivity index (χ3v) is 5.75. The molecule has 0 aliphatic carbocycles. The van der Waals surface area contributed by atoms with E-state index >= 15 is 0 Å². The molecule has 2 saturated heterocycles. The molecule has 0 aromatic heterocycles. The van der Waals surface area contributed by atoms with E-state index in [0.717, 1.165) is 19.4 Å². The van der Waals surface area contributed by atoms with E-state index in [4.69, 9.17) is 4.74 Å². The van der Waals surface area contributed by atoms with Crippen LogP contribution in [-0.4, -0.2) is 56.4 Å². The lowest BCUT2D eigenvalue weighted by Crippen LogP contribution is -2.49. The van der Waals surface area contributed by atoms with Crippen LogP contribution in [-0.2, 0) is 14.8 Å². The summed E-state index contributed by atoms with van der Waals surface area (Å²) in [5.74, 6) is 0.254. The van der Waals surface area contributed by atoms with E-state index in [0.29, 0.717) is 19.1 Å². The van der Waals surface area contributed by atoms with Gasteiger partial charge in [-0.3, -0.25) is 0 Å². The van der Waals surface area contributed by atoms with Gasteiger partial charge in [-0.2, -0.15) is 4.31 Å². The monoisotopic (exact) mass is 290 g/mol. The highest BCUT2D eigenvalue weighted by atomic mass is 32.2. The minimum absolute atomic E-state index is 0.00803. The first-order chi connectivity index (χ1) is 8.97. The smallest absolute Gasteiger partial charge is 0.214 e. The van der Waals surface area contributed by atoms with Gasteiger partial charge in [0.05, 0.1) is 18.0 Å². The van der Waals surface area contributed by atoms with Gasteiger partial charge in [0.25, 0.3) is 0 Å². The molecule has 0 spiro atoms. The molecule has 2 aliphatic heterocycles. The van der Waals surface area contributed by atoms with Gasteiger partial charge in [0.2, 0.25) is 10.0 Å². The number of hydrogen-bond donors (Lipinski definition) is 1. The fourth-order valence-electron chi connectivity index (χ4n) is 2.95. The van der Waals surface area contributed by atoms with Crippen LogP contribution in [0.4, 0.5) is 0 Å². The van der Waals surface area contributed by atoms with Crippen LogP contribution in [0, 0.1) is 0 Å². The van der Waals surface area contributed by atoms with E-state index in [9.17, 15) is 8.42 Å². The number of sulfonamides is 1. The maximum atomic E-state index is 12.4. The second-order valence-electron chi connectivity index (χ2n) is 5.83. The normalized spacial score (nSPS) is 34.3. The molecule has 0 aromatic carbocycles. The number of ether oxygens (including phenoxy) is 1. The van der Waals surface area contributed by atoms with E-state index < -0.39 is 10.0 Å². The first-order valence-corrected chi connectivity index (χ1v) is 8.95. The fraction of sp³-hybridized carbons (Fsp3) is 1.00. The molecule has 5 nitrogen and oxygen atoms in total. The molecule has 1 N–H and O–H groups in total. The Bertz CT molecular complexity index is 369. The van der Waals surface area contributed by atoms with E-state index in [1.807, 2.05) is 13.8 Å². The maximum absolute atomic E-state index is 12.4. The van der Waals surface area contributed by atoms with Crippen molar-refractivity contribution in [1.82, 2.24) is 9.62 Å². The molecule has 2 rings (SSSR count). The zero-order chi connectivity index (χ0) is 13.9. The van der Waals surface area contributed by atoms with E-state index in [1.165, 1.54) is 12.8 Å². The molecule has 3 atom stereocenters. The van der Waals surface area contributed by atoms with Crippen molar-refractivity contribution >= 4 is 10.0 Å². The highest BCUT2D eigenvalue weighted by Crippen LogP contribution is 2.17. The number of morpholine rings is 1. The molecule has 0 saturated carbocycles. The van der Waals surface area contributed by atoms with Crippen LogP contribution in [0.3, 0.4) is 0 Å². The topological polar surface area (TPSA) is 58.6 Å². The number of rotatable bonds is 4. The summed E-state index contributed by atoms with van der Waals surface area (Å²) >= 11 is 0. The zero-order valence-electron chi connectivity index (χ0n) is 12.0. The zero-order valence-corrected chi connectivity index (χ0v) is 12.8. The van der Waals surface area contributed by atoms with Gasteiger partial charge in [-0.05, 0) is 39.7 Å². The molecular weight excluding hydrogens is 264 g/mol. The molecule has 0 amide bonds. The second-order valence-corrected chi connectivity index (χ2v) is 7.91. The molecule has 2 aliphatic rings. The Morgan fingerprint density at radius 2 is 1.89 bits per heavy atom. The summed E-state index contributed by atoms with van der Waals surface area (Å²) in [7, 11) is -3.14. The van der Waals surface area contributed by atoms with Crippen LogP contribution in [0.1, 0.15) is 39.5 Å². The Morgan fingerprint density at radius 1 is 1.21 bits per heavy atom. The summed E-state index contributed by atoms with van der Waals surface area (Å²) in [4.78, 5) is 0. The van der Waals surface area contributed by atoms with Crippen molar-refractivity contribution < 1.29 is 13.2 Å². The molecule has 0 bridgehead atoms. The van der Waals surface area contributed by atoms with Gasteiger partial charge < -0.3 is 10.1 Å². The summed E-state index contributed by atoms with van der Waals surface area (Å²) in [5.41, 5.74) is 0. The largest absolute Gasteiger partial charge is 0.373 e. The Labute approximate surface area is 116 Å². The van der Waals surface area contributed by atoms with Crippen LogP contribution < -0.4 is 5.32 Å². The lowest BCUT2D eigenvalue weighted by molar-refractivity contribution is -0.0440. The van der Waals surface area contributed by atoms with Gasteiger partial charge in [0, 0.05) is 19.1 Å². The van der Waals surface area contributed by atoms with Crippen molar-refractivity contribution in [2.24, 2.45) is 0 Å². The minimum Gasteiger partial charge on any atom is -0.373 e. The number of piperidine rings is 1. The van der Waals surface area contributed by atoms with Gasteiger partial charge in [-0.1, -0.05) is 6.42 Å². The maximum Gasteiger partial charge on any atom is 0.214 e. The van der Waals surface area contributed by atoms with Gasteiger partial charge in [-0.15, -0.1) is 0 Å². The van der Waals surface area contributed by atoms with Crippen molar-refractivity contribution in [3.05, 3.63) is 0 Å². The van der Waals surface area contributed by atoms with Gasteiger partial charge >= 0.3 is 0 Å². The molecule has 0 aromatic rings. The SMILES string of the molecule is CC1CN(S(=O)(=O)CCC2CCCCN2)CC(C)O1. The molecule has 2 fully saturated rings. The van der Waals surface area contributed by atoms with E-state index in [-0.39, 0.29) is 18.0 Å². The molecule has 2 heterocycles. The van der Waals surface area contributed by atoms with Crippen LogP contribution in [0.5, 0.6) is 0 Å². The minimum atomic E-state index is -3.14. The predicted octanol–water partition coefficient (Wildman–Crippen LogP) is 0.958. The quantitative estimate of drug-likeness (QED) is 0.838. The summed E-state index contributed by atoms with van der Waals surface area (Å²) in [6.45, 7) is 5.87. The Balaban J connectivity index is 1.86. The molecule has 6 heteroatoms. The summed E-state index contributed by atoms with van der Waals surface area (Å²) in [6.07, 6.45) is 4.23. The van der Waals surface area contributed by atoms with Crippen molar-refractivity contribution in [2.45, 2.75) is 57.8 Å². The number of nitrogens with one attached hydrogen (secondary N) is 1. The highest BCUT2D eigenvalue weighted by Gasteiger charge is 2.31. The molecule has 3 unspecified atom stereocenters. The average molecular weight is 290 g/mol. The molecule has 0 radical (unpaired) electrons. The Morgan fingerprint density at radius 3 is 2.47 bits per heavy atom. The fourth-order valence-corrected chi connectivity index (χ4v) is 4.66. The molecular formula is C13H26N2O3S. The first-order valence-electron chi connectivity index (χ1n) is 7.34. The van der Waals surface area contributed by atoms with Crippen molar-refractivity contribution in [3.8, 4) is 0 Å². The first kappa shape index (κ1) is 15.2. The number of nitrogens with zero attached hydrogens (tertiary/aromatic N) is 1. The van der Waals surface area contributed by atoms with Crippen molar-refractivity contribution in [2.75, 3.05) is 25.4 Å². The second kappa shape index (κ2) is 6.52. The van der Waals surface area contributed by atoms with Gasteiger partial charge in [0.1, 0.15) is 0 Å². The molecule has 19 heavy (non-hydrogen) atoms. The van der Waals surface area contributed by atoms with E-state index in [1.54, 1.807) is 4.31 Å². The van der Waals surface area contributed by atoms with Crippen LogP contribution >= 0.6 is 0 Å². The standard InChI is InChI=1S/C13H26N2O3S/c1-11-9-15(10-12(2)18-11)19(16,17)8-6-13-5-3-4-7-14-13/h11-14H,3-10H2,1-2H3. The average Bonchev–Trinajstić information content (AvgIpc) is 2.37. The third kappa shape index (κ3) is 4.41. The lowest BCUT2D eigenvalue weighted by atomic mass is 10.0. The Kier molecular flexibility index (Phi) is 5.22. The van der Waals surface area contributed by atoms with Crippen molar-refractivity contribution in [3.63, 3.8) is 0 Å². The van der Waals surface area contributed by atoms with Crippen molar-refractivity contribution in [1.29, 1.82) is 0 Å². The number of hydrogen-bond acceptors (Lipinski definition) is 4. The van der Waals surface area contributed by atoms with Gasteiger partial charge in [0.15, 0.2) is 0 Å². The third-order valence-electron chi connectivity index (χ3n) is 3.92. The summed E-state index contributed by atoms with van der Waals surface area (Å²) in [5, 5.41) is 3.40. The van der Waals surface area contributed by atoms with Gasteiger partial charge in [-0.25, -0.2) is 8.42 Å². The lowest BCUT2D eigenvalue weighted by Gasteiger charge is -2.35. The predicted molar refractivity (Wildman–Crippen MR) is 75.6 cm³/mol. The van der Waals surface area contributed by atoms with Crippen LogP contribution in [0.25, 0.3) is 0 Å². The van der Waals surface area contributed by atoms with E-state index in [2.05, 4.69) is 5.32 Å². The van der Waals surface area contributed by atoms with Crippen LogP contribution in [0.15, 0.2) is 0 Å².